The molecule has 1 aliphatic heterocycles. The van der Waals surface area contributed by atoms with E-state index in [4.69, 9.17) is 10.2 Å². The maximum absolute atomic E-state index is 12.0. The van der Waals surface area contributed by atoms with Gasteiger partial charge < -0.3 is 20.8 Å². The molecule has 0 unspecified atom stereocenters. The summed E-state index contributed by atoms with van der Waals surface area (Å²) in [6.07, 6.45) is 0.851. The third-order valence-electron chi connectivity index (χ3n) is 3.28. The van der Waals surface area contributed by atoms with E-state index in [2.05, 4.69) is 10.6 Å². The van der Waals surface area contributed by atoms with Crippen molar-refractivity contribution in [3.63, 3.8) is 0 Å². The zero-order valence-corrected chi connectivity index (χ0v) is 11.3. The second-order valence-electron chi connectivity index (χ2n) is 4.80. The van der Waals surface area contributed by atoms with Gasteiger partial charge in [-0.15, -0.1) is 0 Å². The number of carbonyl (C=O) groups is 3. The summed E-state index contributed by atoms with van der Waals surface area (Å²) in [5.41, 5.74) is 1.85. The van der Waals surface area contributed by atoms with Crippen LogP contribution in [-0.4, -0.2) is 40.6 Å². The fourth-order valence-corrected chi connectivity index (χ4v) is 2.15. The number of aliphatic hydroxyl groups excluding tert-OH is 1. The number of aryl methyl sites for hydroxylation is 1. The van der Waals surface area contributed by atoms with E-state index in [1.165, 1.54) is 6.07 Å². The third kappa shape index (κ3) is 3.57. The van der Waals surface area contributed by atoms with Crippen LogP contribution in [0.3, 0.4) is 0 Å². The number of rotatable bonds is 5. The number of carboxylic acids is 1. The lowest BCUT2D eigenvalue weighted by atomic mass is 10.00. The van der Waals surface area contributed by atoms with Gasteiger partial charge in [0.25, 0.3) is 5.91 Å². The van der Waals surface area contributed by atoms with Crippen molar-refractivity contribution in [2.75, 3.05) is 11.9 Å². The van der Waals surface area contributed by atoms with Gasteiger partial charge in [-0.2, -0.15) is 0 Å². The molecule has 1 heterocycles. The smallest absolute Gasteiger partial charge is 0.326 e. The lowest BCUT2D eigenvalue weighted by Gasteiger charge is -2.18. The monoisotopic (exact) mass is 292 g/mol. The molecule has 1 atom stereocenters. The summed E-state index contributed by atoms with van der Waals surface area (Å²) in [5.74, 6) is -1.77. The van der Waals surface area contributed by atoms with E-state index in [0.717, 1.165) is 5.56 Å². The van der Waals surface area contributed by atoms with E-state index >= 15 is 0 Å². The molecule has 4 N–H and O–H groups in total. The molecule has 0 saturated heterocycles. The molecule has 1 aromatic carbocycles. The number of carboxylic acid groups (broad SMARTS) is 1. The van der Waals surface area contributed by atoms with Crippen molar-refractivity contribution in [3.8, 4) is 0 Å². The Morgan fingerprint density at radius 2 is 2.10 bits per heavy atom. The van der Waals surface area contributed by atoms with E-state index in [1.807, 2.05) is 0 Å². The Morgan fingerprint density at radius 3 is 2.76 bits per heavy atom. The van der Waals surface area contributed by atoms with Crippen molar-refractivity contribution in [1.82, 2.24) is 5.32 Å². The Bertz CT molecular complexity index is 585. The summed E-state index contributed by atoms with van der Waals surface area (Å²) in [5, 5.41) is 22.8. The highest BCUT2D eigenvalue weighted by molar-refractivity contribution is 5.99. The van der Waals surface area contributed by atoms with Gasteiger partial charge in [0.1, 0.15) is 6.04 Å². The van der Waals surface area contributed by atoms with E-state index in [1.54, 1.807) is 12.1 Å². The molecule has 1 aliphatic rings. The van der Waals surface area contributed by atoms with Crippen molar-refractivity contribution >= 4 is 23.5 Å². The number of hydrogen-bond acceptors (Lipinski definition) is 4. The van der Waals surface area contributed by atoms with Gasteiger partial charge in [-0.3, -0.25) is 9.59 Å². The fraction of sp³-hybridized carbons (Fsp3) is 0.357. The van der Waals surface area contributed by atoms with Crippen molar-refractivity contribution in [2.45, 2.75) is 25.3 Å². The predicted molar refractivity (Wildman–Crippen MR) is 74.0 cm³/mol. The number of amides is 2. The maximum atomic E-state index is 12.0. The molecule has 2 amide bonds. The van der Waals surface area contributed by atoms with Crippen LogP contribution in [0, 0.1) is 0 Å². The van der Waals surface area contributed by atoms with Crippen LogP contribution in [0.25, 0.3) is 0 Å². The SMILES string of the molecule is O=C1CCc2cc(C(=O)N[C@@H](CCO)C(=O)O)ccc2N1. The first kappa shape index (κ1) is 15.0. The molecule has 7 nitrogen and oxygen atoms in total. The molecule has 0 aliphatic carbocycles. The summed E-state index contributed by atoms with van der Waals surface area (Å²) in [7, 11) is 0. The number of aliphatic carboxylic acids is 1. The molecule has 0 fully saturated rings. The highest BCUT2D eigenvalue weighted by atomic mass is 16.4. The second-order valence-corrected chi connectivity index (χ2v) is 4.80. The Morgan fingerprint density at radius 1 is 1.33 bits per heavy atom. The van der Waals surface area contributed by atoms with Crippen LogP contribution in [-0.2, 0) is 16.0 Å². The number of anilines is 1. The zero-order chi connectivity index (χ0) is 15.4. The van der Waals surface area contributed by atoms with Gasteiger partial charge >= 0.3 is 5.97 Å². The van der Waals surface area contributed by atoms with Crippen LogP contribution in [0.2, 0.25) is 0 Å². The van der Waals surface area contributed by atoms with Crippen molar-refractivity contribution in [3.05, 3.63) is 29.3 Å². The van der Waals surface area contributed by atoms with E-state index < -0.39 is 17.9 Å². The minimum absolute atomic E-state index is 0.0535. The molecular weight excluding hydrogens is 276 g/mol. The van der Waals surface area contributed by atoms with Gasteiger partial charge in [0.2, 0.25) is 5.91 Å². The lowest BCUT2D eigenvalue weighted by Crippen LogP contribution is -2.41. The van der Waals surface area contributed by atoms with Crippen LogP contribution in [0.15, 0.2) is 18.2 Å². The van der Waals surface area contributed by atoms with Gasteiger partial charge in [0.15, 0.2) is 0 Å². The van der Waals surface area contributed by atoms with Crippen molar-refractivity contribution < 1.29 is 24.6 Å². The molecule has 7 heteroatoms. The molecule has 112 valence electrons. The lowest BCUT2D eigenvalue weighted by molar-refractivity contribution is -0.139. The van der Waals surface area contributed by atoms with Crippen LogP contribution in [0.1, 0.15) is 28.8 Å². The summed E-state index contributed by atoms with van der Waals surface area (Å²) < 4.78 is 0. The van der Waals surface area contributed by atoms with Crippen LogP contribution < -0.4 is 10.6 Å². The number of fused-ring (bicyclic) bond motifs is 1. The summed E-state index contributed by atoms with van der Waals surface area (Å²) >= 11 is 0. The normalized spacial score (nSPS) is 14.8. The van der Waals surface area contributed by atoms with Crippen LogP contribution in [0.5, 0.6) is 0 Å². The maximum Gasteiger partial charge on any atom is 0.326 e. The predicted octanol–water partition coefficient (Wildman–Crippen LogP) is 0.137. The standard InChI is InChI=1S/C14H16N2O5/c17-6-5-11(14(20)21)16-13(19)9-1-3-10-8(7-9)2-4-12(18)15-10/h1,3,7,11,17H,2,4-6H2,(H,15,18)(H,16,19)(H,20,21)/t11-/m0/s1. The van der Waals surface area contributed by atoms with Gasteiger partial charge in [-0.05, 0) is 30.2 Å². The second kappa shape index (κ2) is 6.36. The van der Waals surface area contributed by atoms with Gasteiger partial charge in [0.05, 0.1) is 0 Å². The molecule has 0 spiro atoms. The topological polar surface area (TPSA) is 116 Å². The zero-order valence-electron chi connectivity index (χ0n) is 11.3. The summed E-state index contributed by atoms with van der Waals surface area (Å²) in [4.78, 5) is 34.3. The number of hydrogen-bond donors (Lipinski definition) is 4. The van der Waals surface area contributed by atoms with E-state index in [9.17, 15) is 14.4 Å². The molecule has 2 rings (SSSR count). The average molecular weight is 292 g/mol. The minimum Gasteiger partial charge on any atom is -0.480 e. The molecule has 0 bridgehead atoms. The Balaban J connectivity index is 2.13. The first-order chi connectivity index (χ1) is 10.0. The highest BCUT2D eigenvalue weighted by Crippen LogP contribution is 2.23. The first-order valence-corrected chi connectivity index (χ1v) is 6.58. The van der Waals surface area contributed by atoms with Gasteiger partial charge in [-0.1, -0.05) is 0 Å². The summed E-state index contributed by atoms with van der Waals surface area (Å²) in [6.45, 7) is -0.326. The first-order valence-electron chi connectivity index (χ1n) is 6.58. The molecule has 21 heavy (non-hydrogen) atoms. The molecule has 0 aromatic heterocycles. The Hall–Kier alpha value is -2.41. The Kier molecular flexibility index (Phi) is 4.54. The van der Waals surface area contributed by atoms with Gasteiger partial charge in [0, 0.05) is 30.7 Å². The van der Waals surface area contributed by atoms with E-state index in [0.29, 0.717) is 24.1 Å². The molecule has 1 aromatic rings. The largest absolute Gasteiger partial charge is 0.480 e. The quantitative estimate of drug-likeness (QED) is 0.616. The minimum atomic E-state index is -1.19. The van der Waals surface area contributed by atoms with E-state index in [-0.39, 0.29) is 18.9 Å². The molecule has 0 saturated carbocycles. The third-order valence-corrected chi connectivity index (χ3v) is 3.28. The average Bonchev–Trinajstić information content (AvgIpc) is 2.45. The molecule has 0 radical (unpaired) electrons. The Labute approximate surface area is 121 Å². The van der Waals surface area contributed by atoms with Crippen molar-refractivity contribution in [1.29, 1.82) is 0 Å². The van der Waals surface area contributed by atoms with Crippen LogP contribution in [0.4, 0.5) is 5.69 Å². The van der Waals surface area contributed by atoms with Gasteiger partial charge in [-0.25, -0.2) is 4.79 Å². The van der Waals surface area contributed by atoms with Crippen LogP contribution >= 0.6 is 0 Å². The van der Waals surface area contributed by atoms with Crippen molar-refractivity contribution in [2.24, 2.45) is 0 Å². The fourth-order valence-electron chi connectivity index (χ4n) is 2.15. The number of nitrogens with one attached hydrogen (secondary N) is 2. The number of carbonyl (C=O) groups excluding carboxylic acids is 2. The number of benzene rings is 1. The molecular formula is C14H16N2O5. The highest BCUT2D eigenvalue weighted by Gasteiger charge is 2.21. The summed E-state index contributed by atoms with van der Waals surface area (Å²) in [6, 6.07) is 3.67. The number of aliphatic hydroxyl groups is 1.